The van der Waals surface area contributed by atoms with Gasteiger partial charge in [0.15, 0.2) is 0 Å². The molecule has 5 rings (SSSR count). The van der Waals surface area contributed by atoms with Crippen molar-refractivity contribution in [3.05, 3.63) is 101 Å². The number of nitrogens with zero attached hydrogens (tertiary/aromatic N) is 2. The molecule has 4 aromatic rings. The van der Waals surface area contributed by atoms with Gasteiger partial charge in [-0.1, -0.05) is 58.4 Å². The number of piperidine rings is 1. The number of para-hydroxylation sites is 1. The van der Waals surface area contributed by atoms with Gasteiger partial charge in [-0.25, -0.2) is 0 Å². The van der Waals surface area contributed by atoms with Crippen molar-refractivity contribution in [3.8, 4) is 28.2 Å². The Bertz CT molecular complexity index is 1350. The van der Waals surface area contributed by atoms with Crippen LogP contribution in [0.5, 0.6) is 0 Å². The Morgan fingerprint density at radius 3 is 2.31 bits per heavy atom. The van der Waals surface area contributed by atoms with Crippen LogP contribution in [0.15, 0.2) is 89.4 Å². The van der Waals surface area contributed by atoms with Crippen molar-refractivity contribution in [1.82, 2.24) is 14.8 Å². The number of nitrogens with one attached hydrogen (secondary N) is 1. The van der Waals surface area contributed by atoms with E-state index in [-0.39, 0.29) is 5.91 Å². The normalized spacial score (nSPS) is 14.6. The summed E-state index contributed by atoms with van der Waals surface area (Å²) in [5.41, 5.74) is 7.36. The summed E-state index contributed by atoms with van der Waals surface area (Å²) in [5.74, 6) is 0.554. The van der Waals surface area contributed by atoms with Crippen molar-refractivity contribution in [2.24, 2.45) is 5.92 Å². The molecule has 1 aromatic heterocycles. The van der Waals surface area contributed by atoms with Gasteiger partial charge in [-0.15, -0.1) is 0 Å². The van der Waals surface area contributed by atoms with E-state index < -0.39 is 0 Å². The molecule has 1 aliphatic rings. The summed E-state index contributed by atoms with van der Waals surface area (Å²) in [4.78, 5) is 15.4. The lowest BCUT2D eigenvalue weighted by Gasteiger charge is -2.28. The number of likely N-dealkylation sites (tertiary alicyclic amines) is 1. The van der Waals surface area contributed by atoms with Gasteiger partial charge in [0.1, 0.15) is 0 Å². The monoisotopic (exact) mass is 541 g/mol. The van der Waals surface area contributed by atoms with E-state index in [0.717, 1.165) is 65.2 Å². The Morgan fingerprint density at radius 2 is 1.58 bits per heavy atom. The minimum absolute atomic E-state index is 0.00194. The molecule has 0 atom stereocenters. The van der Waals surface area contributed by atoms with E-state index in [1.165, 1.54) is 5.56 Å². The van der Waals surface area contributed by atoms with Crippen LogP contribution in [-0.4, -0.2) is 42.1 Å². The fourth-order valence-corrected chi connectivity index (χ4v) is 5.27. The minimum atomic E-state index is -0.00194. The number of aromatic nitrogens is 1. The summed E-state index contributed by atoms with van der Waals surface area (Å²) in [5, 5.41) is 3.19. The summed E-state index contributed by atoms with van der Waals surface area (Å²) in [6.07, 6.45) is 2.28. The van der Waals surface area contributed by atoms with Gasteiger partial charge in [0, 0.05) is 22.3 Å². The van der Waals surface area contributed by atoms with E-state index in [1.807, 2.05) is 18.2 Å². The van der Waals surface area contributed by atoms with Crippen LogP contribution in [0.2, 0.25) is 0 Å². The Morgan fingerprint density at radius 1 is 0.889 bits per heavy atom. The molecule has 1 aliphatic heterocycles. The summed E-state index contributed by atoms with van der Waals surface area (Å²) in [6, 6.07) is 29.1. The highest BCUT2D eigenvalue weighted by atomic mass is 79.9. The maximum atomic E-state index is 13.1. The van der Waals surface area contributed by atoms with Gasteiger partial charge >= 0.3 is 0 Å². The molecule has 4 nitrogen and oxygen atoms in total. The summed E-state index contributed by atoms with van der Waals surface area (Å²) in [7, 11) is 2.16. The minimum Gasteiger partial charge on any atom is -0.352 e. The number of hydrogen-bond acceptors (Lipinski definition) is 2. The van der Waals surface area contributed by atoms with Gasteiger partial charge < -0.3 is 14.8 Å². The number of benzene rings is 3. The third-order valence-electron chi connectivity index (χ3n) is 7.19. The second kappa shape index (κ2) is 10.9. The van der Waals surface area contributed by atoms with E-state index in [2.05, 4.69) is 111 Å². The zero-order valence-corrected chi connectivity index (χ0v) is 22.5. The molecule has 1 amide bonds. The first-order valence-electron chi connectivity index (χ1n) is 12.6. The maximum absolute atomic E-state index is 13.1. The highest BCUT2D eigenvalue weighted by Crippen LogP contribution is 2.34. The molecule has 0 radical (unpaired) electrons. The number of carbonyl (C=O) groups excluding carboxylic acids is 1. The summed E-state index contributed by atoms with van der Waals surface area (Å²) < 4.78 is 3.35. The fraction of sp³-hybridized carbons (Fsp3) is 0.258. The molecule has 3 aromatic carbocycles. The highest BCUT2D eigenvalue weighted by molar-refractivity contribution is 9.10. The molecule has 0 unspecified atom stereocenters. The molecule has 0 bridgehead atoms. The van der Waals surface area contributed by atoms with Crippen molar-refractivity contribution < 1.29 is 4.79 Å². The number of amides is 1. The first-order valence-corrected chi connectivity index (χ1v) is 13.4. The Hall–Kier alpha value is -3.15. The molecular formula is C31H32BrN3O. The first kappa shape index (κ1) is 24.5. The lowest BCUT2D eigenvalue weighted by molar-refractivity contribution is 0.0939. The number of aryl methyl sites for hydroxylation is 1. The second-order valence-corrected chi connectivity index (χ2v) is 10.7. The standard InChI is InChI=1S/C31H32BrN3O/c1-22-6-3-4-9-28(22)35-29(24-10-12-27(32)13-11-24)14-15-30(35)25-7-5-8-26(20-25)31(36)33-21-23-16-18-34(2)19-17-23/h3-15,20,23H,16-19,21H2,1-2H3,(H,33,36). The molecule has 0 aliphatic carbocycles. The summed E-state index contributed by atoms with van der Waals surface area (Å²) in [6.45, 7) is 5.08. The van der Waals surface area contributed by atoms with E-state index in [0.29, 0.717) is 11.5 Å². The fourth-order valence-electron chi connectivity index (χ4n) is 5.01. The molecular weight excluding hydrogens is 510 g/mol. The Kier molecular flexibility index (Phi) is 7.40. The first-order chi connectivity index (χ1) is 17.5. The Balaban J connectivity index is 1.47. The average molecular weight is 543 g/mol. The van der Waals surface area contributed by atoms with Crippen molar-refractivity contribution in [1.29, 1.82) is 0 Å². The van der Waals surface area contributed by atoms with Crippen LogP contribution in [0.3, 0.4) is 0 Å². The SMILES string of the molecule is Cc1ccccc1-n1c(-c2ccc(Br)cc2)ccc1-c1cccc(C(=O)NCC2CCN(C)CC2)c1. The third-order valence-corrected chi connectivity index (χ3v) is 7.72. The van der Waals surface area contributed by atoms with Gasteiger partial charge in [-0.05, 0) is 105 Å². The molecule has 184 valence electrons. The number of carbonyl (C=O) groups is 1. The van der Waals surface area contributed by atoms with E-state index >= 15 is 0 Å². The quantitative estimate of drug-likeness (QED) is 0.286. The third kappa shape index (κ3) is 5.32. The van der Waals surface area contributed by atoms with Crippen molar-refractivity contribution in [2.45, 2.75) is 19.8 Å². The molecule has 0 saturated carbocycles. The summed E-state index contributed by atoms with van der Waals surface area (Å²) >= 11 is 3.55. The molecule has 2 heterocycles. The van der Waals surface area contributed by atoms with Gasteiger partial charge in [-0.2, -0.15) is 0 Å². The smallest absolute Gasteiger partial charge is 0.251 e. The van der Waals surface area contributed by atoms with Crippen LogP contribution in [0.4, 0.5) is 0 Å². The number of rotatable bonds is 6. The maximum Gasteiger partial charge on any atom is 0.251 e. The van der Waals surface area contributed by atoms with Crippen LogP contribution < -0.4 is 5.32 Å². The second-order valence-electron chi connectivity index (χ2n) is 9.77. The van der Waals surface area contributed by atoms with Crippen molar-refractivity contribution >= 4 is 21.8 Å². The average Bonchev–Trinajstić information content (AvgIpc) is 3.34. The van der Waals surface area contributed by atoms with Crippen LogP contribution in [0.25, 0.3) is 28.2 Å². The van der Waals surface area contributed by atoms with Crippen molar-refractivity contribution in [3.63, 3.8) is 0 Å². The molecule has 36 heavy (non-hydrogen) atoms. The predicted octanol–water partition coefficient (Wildman–Crippen LogP) is 6.95. The van der Waals surface area contributed by atoms with Crippen LogP contribution in [-0.2, 0) is 0 Å². The van der Waals surface area contributed by atoms with Crippen LogP contribution in [0.1, 0.15) is 28.8 Å². The topological polar surface area (TPSA) is 37.3 Å². The highest BCUT2D eigenvalue weighted by Gasteiger charge is 2.19. The molecule has 1 saturated heterocycles. The lowest BCUT2D eigenvalue weighted by Crippen LogP contribution is -2.36. The van der Waals surface area contributed by atoms with Gasteiger partial charge in [0.25, 0.3) is 5.91 Å². The molecule has 1 fully saturated rings. The van der Waals surface area contributed by atoms with Gasteiger partial charge in [0.2, 0.25) is 0 Å². The number of halogens is 1. The van der Waals surface area contributed by atoms with E-state index in [4.69, 9.17) is 0 Å². The largest absolute Gasteiger partial charge is 0.352 e. The van der Waals surface area contributed by atoms with Crippen molar-refractivity contribution in [2.75, 3.05) is 26.7 Å². The van der Waals surface area contributed by atoms with E-state index in [1.54, 1.807) is 0 Å². The van der Waals surface area contributed by atoms with Crippen LogP contribution >= 0.6 is 15.9 Å². The predicted molar refractivity (Wildman–Crippen MR) is 152 cm³/mol. The number of hydrogen-bond donors (Lipinski definition) is 1. The molecule has 0 spiro atoms. The zero-order chi connectivity index (χ0) is 25.1. The lowest BCUT2D eigenvalue weighted by atomic mass is 9.97. The Labute approximate surface area is 222 Å². The van der Waals surface area contributed by atoms with Gasteiger partial charge in [0.05, 0.1) is 11.4 Å². The van der Waals surface area contributed by atoms with Crippen LogP contribution in [0, 0.1) is 12.8 Å². The molecule has 1 N–H and O–H groups in total. The molecule has 5 heteroatoms. The van der Waals surface area contributed by atoms with Gasteiger partial charge in [-0.3, -0.25) is 4.79 Å². The van der Waals surface area contributed by atoms with E-state index in [9.17, 15) is 4.79 Å². The zero-order valence-electron chi connectivity index (χ0n) is 20.9.